The number of phenolic OH excluding ortho intramolecular Hbond substituents is 1. The molecular formula is C21H18F3NO4S. The number of thiazole rings is 1. The molecule has 0 amide bonds. The van der Waals surface area contributed by atoms with E-state index in [4.69, 9.17) is 9.47 Å². The topological polar surface area (TPSA) is 68.7 Å². The van der Waals surface area contributed by atoms with Crippen LogP contribution in [0.3, 0.4) is 0 Å². The molecule has 158 valence electrons. The number of benzene rings is 2. The average molecular weight is 437 g/mol. The number of carbonyl (C=O) groups excluding carboxylic acids is 1. The van der Waals surface area contributed by atoms with Crippen molar-refractivity contribution < 1.29 is 32.5 Å². The fourth-order valence-electron chi connectivity index (χ4n) is 2.67. The van der Waals surface area contributed by atoms with Gasteiger partial charge in [-0.25, -0.2) is 4.98 Å². The zero-order valence-corrected chi connectivity index (χ0v) is 16.7. The molecule has 0 fully saturated rings. The second kappa shape index (κ2) is 9.17. The highest BCUT2D eigenvalue weighted by molar-refractivity contribution is 7.13. The van der Waals surface area contributed by atoms with E-state index in [1.807, 2.05) is 0 Å². The number of phenols is 1. The molecule has 0 unspecified atom stereocenters. The van der Waals surface area contributed by atoms with Gasteiger partial charge in [-0.1, -0.05) is 18.2 Å². The smallest absolute Gasteiger partial charge is 0.416 e. The van der Waals surface area contributed by atoms with Gasteiger partial charge in [0.05, 0.1) is 18.4 Å². The van der Waals surface area contributed by atoms with E-state index >= 15 is 0 Å². The predicted molar refractivity (Wildman–Crippen MR) is 105 cm³/mol. The molecule has 0 saturated carbocycles. The van der Waals surface area contributed by atoms with Gasteiger partial charge in [-0.2, -0.15) is 13.2 Å². The zero-order chi connectivity index (χ0) is 21.7. The van der Waals surface area contributed by atoms with Crippen molar-refractivity contribution in [3.8, 4) is 22.1 Å². The van der Waals surface area contributed by atoms with Crippen LogP contribution in [-0.4, -0.2) is 23.2 Å². The van der Waals surface area contributed by atoms with Crippen molar-refractivity contribution in [3.05, 3.63) is 64.7 Å². The summed E-state index contributed by atoms with van der Waals surface area (Å²) in [7, 11) is 1.45. The first-order chi connectivity index (χ1) is 14.3. The van der Waals surface area contributed by atoms with Crippen LogP contribution in [-0.2, 0) is 28.7 Å². The van der Waals surface area contributed by atoms with E-state index in [1.165, 1.54) is 36.6 Å². The summed E-state index contributed by atoms with van der Waals surface area (Å²) in [4.78, 5) is 16.3. The summed E-state index contributed by atoms with van der Waals surface area (Å²) in [5.74, 6) is -0.0651. The number of alkyl halides is 3. The average Bonchev–Trinajstić information content (AvgIpc) is 3.19. The lowest BCUT2D eigenvalue weighted by atomic mass is 10.1. The molecule has 1 N–H and O–H groups in total. The molecule has 0 saturated heterocycles. The van der Waals surface area contributed by atoms with Gasteiger partial charge in [0.1, 0.15) is 11.6 Å². The van der Waals surface area contributed by atoms with Crippen molar-refractivity contribution >= 4 is 17.3 Å². The minimum Gasteiger partial charge on any atom is -0.504 e. The van der Waals surface area contributed by atoms with E-state index in [1.54, 1.807) is 17.5 Å². The minimum absolute atomic E-state index is 0.00152. The largest absolute Gasteiger partial charge is 0.504 e. The Kier molecular flexibility index (Phi) is 6.61. The normalized spacial score (nSPS) is 11.3. The number of hydrogen-bond donors (Lipinski definition) is 1. The van der Waals surface area contributed by atoms with E-state index in [2.05, 4.69) is 4.98 Å². The van der Waals surface area contributed by atoms with Gasteiger partial charge in [0, 0.05) is 17.4 Å². The summed E-state index contributed by atoms with van der Waals surface area (Å²) in [6, 6.07) is 9.64. The first-order valence-electron chi connectivity index (χ1n) is 8.90. The maximum Gasteiger partial charge on any atom is 0.416 e. The van der Waals surface area contributed by atoms with Crippen LogP contribution in [0.4, 0.5) is 13.2 Å². The number of rotatable bonds is 7. The third-order valence-electron chi connectivity index (χ3n) is 4.25. The predicted octanol–water partition coefficient (Wildman–Crippen LogP) is 5.22. The molecule has 30 heavy (non-hydrogen) atoms. The van der Waals surface area contributed by atoms with Crippen LogP contribution in [0.2, 0.25) is 0 Å². The zero-order valence-electron chi connectivity index (χ0n) is 15.9. The number of ether oxygens (including phenoxy) is 2. The summed E-state index contributed by atoms with van der Waals surface area (Å²) in [5, 5.41) is 12.0. The third kappa shape index (κ3) is 5.50. The molecular weight excluding hydrogens is 419 g/mol. The van der Waals surface area contributed by atoms with Gasteiger partial charge in [0.15, 0.2) is 11.5 Å². The maximum absolute atomic E-state index is 12.6. The Morgan fingerprint density at radius 3 is 2.53 bits per heavy atom. The monoisotopic (exact) mass is 437 g/mol. The molecule has 0 aliphatic rings. The second-order valence-corrected chi connectivity index (χ2v) is 7.24. The molecule has 0 spiro atoms. The standard InChI is InChI=1S/C21H18F3NO4S/c1-28-18-8-2-13(10-17(18)26)3-9-19(27)29-11-16-12-30-20(25-16)14-4-6-15(7-5-14)21(22,23)24/h2,4-8,10,12,26H,3,9,11H2,1H3. The molecule has 9 heteroatoms. The van der Waals surface area contributed by atoms with Gasteiger partial charge in [0.2, 0.25) is 0 Å². The molecule has 3 aromatic rings. The molecule has 0 radical (unpaired) electrons. The number of esters is 1. The van der Waals surface area contributed by atoms with Crippen LogP contribution in [0.5, 0.6) is 11.5 Å². The van der Waals surface area contributed by atoms with Crippen molar-refractivity contribution in [1.29, 1.82) is 0 Å². The lowest BCUT2D eigenvalue weighted by molar-refractivity contribution is -0.145. The number of carbonyl (C=O) groups is 1. The van der Waals surface area contributed by atoms with Crippen LogP contribution in [0, 0.1) is 0 Å². The van der Waals surface area contributed by atoms with Crippen molar-refractivity contribution in [2.24, 2.45) is 0 Å². The summed E-state index contributed by atoms with van der Waals surface area (Å²) in [5.41, 5.74) is 1.13. The third-order valence-corrected chi connectivity index (χ3v) is 5.19. The number of halogens is 3. The Bertz CT molecular complexity index is 1020. The SMILES string of the molecule is COc1ccc(CCC(=O)OCc2csc(-c3ccc(C(F)(F)F)cc3)n2)cc1O. The first kappa shape index (κ1) is 21.6. The van der Waals surface area contributed by atoms with Crippen LogP contribution in [0.15, 0.2) is 47.8 Å². The molecule has 2 aromatic carbocycles. The number of aromatic nitrogens is 1. The van der Waals surface area contributed by atoms with Crippen LogP contribution in [0.25, 0.3) is 10.6 Å². The van der Waals surface area contributed by atoms with Crippen molar-refractivity contribution in [1.82, 2.24) is 4.98 Å². The Morgan fingerprint density at radius 2 is 1.90 bits per heavy atom. The number of nitrogens with zero attached hydrogens (tertiary/aromatic N) is 1. The Labute approximate surface area is 174 Å². The van der Waals surface area contributed by atoms with E-state index in [0.29, 0.717) is 28.4 Å². The summed E-state index contributed by atoms with van der Waals surface area (Å²) in [6.07, 6.45) is -3.86. The molecule has 3 rings (SSSR count). The molecule has 0 bridgehead atoms. The highest BCUT2D eigenvalue weighted by Crippen LogP contribution is 2.32. The molecule has 0 aliphatic carbocycles. The summed E-state index contributed by atoms with van der Waals surface area (Å²) in [6.45, 7) is -0.0240. The van der Waals surface area contributed by atoms with Crippen molar-refractivity contribution in [2.75, 3.05) is 7.11 Å². The highest BCUT2D eigenvalue weighted by Gasteiger charge is 2.30. The molecule has 1 heterocycles. The van der Waals surface area contributed by atoms with Crippen molar-refractivity contribution in [3.63, 3.8) is 0 Å². The van der Waals surface area contributed by atoms with Gasteiger partial charge in [0.25, 0.3) is 0 Å². The molecule has 0 atom stereocenters. The maximum atomic E-state index is 12.6. The van der Waals surface area contributed by atoms with Gasteiger partial charge in [-0.3, -0.25) is 4.79 Å². The number of methoxy groups -OCH3 is 1. The van der Waals surface area contributed by atoms with Gasteiger partial charge < -0.3 is 14.6 Å². The van der Waals surface area contributed by atoms with Crippen LogP contribution in [0.1, 0.15) is 23.2 Å². The quantitative estimate of drug-likeness (QED) is 0.514. The molecule has 1 aromatic heterocycles. The van der Waals surface area contributed by atoms with Crippen LogP contribution >= 0.6 is 11.3 Å². The molecule has 5 nitrogen and oxygen atoms in total. The summed E-state index contributed by atoms with van der Waals surface area (Å²) >= 11 is 1.26. The second-order valence-electron chi connectivity index (χ2n) is 6.39. The van der Waals surface area contributed by atoms with E-state index in [9.17, 15) is 23.1 Å². The Morgan fingerprint density at radius 1 is 1.17 bits per heavy atom. The fraction of sp³-hybridized carbons (Fsp3) is 0.238. The fourth-order valence-corrected chi connectivity index (χ4v) is 3.48. The highest BCUT2D eigenvalue weighted by atomic mass is 32.1. The molecule has 0 aliphatic heterocycles. The number of aromatic hydroxyl groups is 1. The van der Waals surface area contributed by atoms with Crippen molar-refractivity contribution in [2.45, 2.75) is 25.6 Å². The minimum atomic E-state index is -4.38. The van der Waals surface area contributed by atoms with Gasteiger partial charge >= 0.3 is 12.1 Å². The number of hydrogen-bond acceptors (Lipinski definition) is 6. The lowest BCUT2D eigenvalue weighted by Crippen LogP contribution is -2.06. The van der Waals surface area contributed by atoms with E-state index < -0.39 is 17.7 Å². The number of aryl methyl sites for hydroxylation is 1. The van der Waals surface area contributed by atoms with E-state index in [0.717, 1.165) is 17.7 Å². The first-order valence-corrected chi connectivity index (χ1v) is 9.78. The van der Waals surface area contributed by atoms with Gasteiger partial charge in [-0.05, 0) is 36.2 Å². The lowest BCUT2D eigenvalue weighted by Gasteiger charge is -2.07. The Balaban J connectivity index is 1.51. The van der Waals surface area contributed by atoms with E-state index in [-0.39, 0.29) is 18.8 Å². The van der Waals surface area contributed by atoms with Gasteiger partial charge in [-0.15, -0.1) is 11.3 Å². The Hall–Kier alpha value is -3.07. The van der Waals surface area contributed by atoms with Crippen LogP contribution < -0.4 is 4.74 Å². The summed E-state index contributed by atoms with van der Waals surface area (Å²) < 4.78 is 48.1.